The largest absolute Gasteiger partial charge is 0.354 e. The zero-order valence-electron chi connectivity index (χ0n) is 10.3. The van der Waals surface area contributed by atoms with Gasteiger partial charge in [0.15, 0.2) is 0 Å². The average molecular weight is 266 g/mol. The Kier molecular flexibility index (Phi) is 4.75. The Labute approximate surface area is 111 Å². The van der Waals surface area contributed by atoms with Crippen molar-refractivity contribution in [1.82, 2.24) is 10.6 Å². The van der Waals surface area contributed by atoms with Crippen molar-refractivity contribution in [3.05, 3.63) is 22.4 Å². The first-order chi connectivity index (χ1) is 8.75. The highest BCUT2D eigenvalue weighted by Gasteiger charge is 2.21. The molecule has 1 aliphatic heterocycles. The second kappa shape index (κ2) is 6.54. The summed E-state index contributed by atoms with van der Waals surface area (Å²) in [5.74, 6) is -0.0811. The molecule has 18 heavy (non-hydrogen) atoms. The fourth-order valence-electron chi connectivity index (χ4n) is 2.04. The van der Waals surface area contributed by atoms with E-state index in [1.807, 2.05) is 17.5 Å². The van der Waals surface area contributed by atoms with E-state index in [9.17, 15) is 9.59 Å². The molecule has 1 aromatic heterocycles. The molecule has 1 fully saturated rings. The molecular formula is C13H18N2O2S. The Morgan fingerprint density at radius 2 is 2.39 bits per heavy atom. The van der Waals surface area contributed by atoms with Crippen LogP contribution in [0.15, 0.2) is 17.5 Å². The van der Waals surface area contributed by atoms with Crippen LogP contribution in [0.1, 0.15) is 30.6 Å². The highest BCUT2D eigenvalue weighted by Crippen LogP contribution is 2.11. The maximum Gasteiger partial charge on any atom is 0.242 e. The number of rotatable bonds is 4. The Hall–Kier alpha value is -1.36. The monoisotopic (exact) mass is 266 g/mol. The summed E-state index contributed by atoms with van der Waals surface area (Å²) in [6.45, 7) is 0.723. The van der Waals surface area contributed by atoms with Crippen molar-refractivity contribution in [2.45, 2.75) is 38.1 Å². The van der Waals surface area contributed by atoms with Crippen LogP contribution < -0.4 is 10.6 Å². The van der Waals surface area contributed by atoms with E-state index in [1.165, 1.54) is 4.88 Å². The SMILES string of the molecule is O=C(CCc1cccs1)NC1CCCCNC1=O. The summed E-state index contributed by atoms with van der Waals surface area (Å²) >= 11 is 1.66. The van der Waals surface area contributed by atoms with Crippen LogP contribution in [0.2, 0.25) is 0 Å². The second-order valence-corrected chi connectivity index (χ2v) is 5.52. The molecule has 1 aliphatic rings. The highest BCUT2D eigenvalue weighted by atomic mass is 32.1. The van der Waals surface area contributed by atoms with Crippen LogP contribution in [0.4, 0.5) is 0 Å². The van der Waals surface area contributed by atoms with Gasteiger partial charge in [-0.15, -0.1) is 11.3 Å². The molecule has 0 aliphatic carbocycles. The average Bonchev–Trinajstić information content (AvgIpc) is 2.80. The van der Waals surface area contributed by atoms with Gasteiger partial charge in [0.25, 0.3) is 0 Å². The topological polar surface area (TPSA) is 58.2 Å². The second-order valence-electron chi connectivity index (χ2n) is 4.49. The van der Waals surface area contributed by atoms with Gasteiger partial charge in [0.1, 0.15) is 6.04 Å². The minimum atomic E-state index is -0.344. The minimum absolute atomic E-state index is 0.0366. The van der Waals surface area contributed by atoms with Gasteiger partial charge in [-0.1, -0.05) is 6.07 Å². The van der Waals surface area contributed by atoms with Crippen molar-refractivity contribution in [3.8, 4) is 0 Å². The molecule has 2 rings (SSSR count). The molecule has 0 radical (unpaired) electrons. The van der Waals surface area contributed by atoms with E-state index in [-0.39, 0.29) is 17.9 Å². The summed E-state index contributed by atoms with van der Waals surface area (Å²) in [5, 5.41) is 7.65. The van der Waals surface area contributed by atoms with Crippen molar-refractivity contribution in [3.63, 3.8) is 0 Å². The van der Waals surface area contributed by atoms with Crippen LogP contribution in [0.5, 0.6) is 0 Å². The van der Waals surface area contributed by atoms with E-state index in [2.05, 4.69) is 10.6 Å². The first kappa shape index (κ1) is 13.1. The molecule has 1 atom stereocenters. The van der Waals surface area contributed by atoms with E-state index in [0.29, 0.717) is 6.42 Å². The molecule has 0 aromatic carbocycles. The number of carbonyl (C=O) groups excluding carboxylic acids is 2. The lowest BCUT2D eigenvalue weighted by molar-refractivity contribution is -0.128. The van der Waals surface area contributed by atoms with Crippen LogP contribution in [0.25, 0.3) is 0 Å². The fourth-order valence-corrected chi connectivity index (χ4v) is 2.74. The van der Waals surface area contributed by atoms with Crippen molar-refractivity contribution < 1.29 is 9.59 Å². The fraction of sp³-hybridized carbons (Fsp3) is 0.538. The van der Waals surface area contributed by atoms with E-state index in [1.54, 1.807) is 11.3 Å². The van der Waals surface area contributed by atoms with Crippen molar-refractivity contribution in [1.29, 1.82) is 0 Å². The van der Waals surface area contributed by atoms with Crippen LogP contribution >= 0.6 is 11.3 Å². The van der Waals surface area contributed by atoms with E-state index in [4.69, 9.17) is 0 Å². The summed E-state index contributed by atoms with van der Waals surface area (Å²) in [7, 11) is 0. The number of hydrogen-bond acceptors (Lipinski definition) is 3. The molecule has 0 saturated carbocycles. The number of amides is 2. The van der Waals surface area contributed by atoms with Crippen LogP contribution in [0.3, 0.4) is 0 Å². The lowest BCUT2D eigenvalue weighted by Crippen LogP contribution is -2.45. The number of thiophene rings is 1. The predicted molar refractivity (Wildman–Crippen MR) is 71.4 cm³/mol. The normalized spacial score (nSPS) is 20.0. The van der Waals surface area contributed by atoms with Gasteiger partial charge in [-0.05, 0) is 37.1 Å². The predicted octanol–water partition coefficient (Wildman–Crippen LogP) is 1.47. The van der Waals surface area contributed by atoms with Gasteiger partial charge >= 0.3 is 0 Å². The van der Waals surface area contributed by atoms with E-state index in [0.717, 1.165) is 32.2 Å². The van der Waals surface area contributed by atoms with Crippen molar-refractivity contribution in [2.24, 2.45) is 0 Å². The Morgan fingerprint density at radius 3 is 3.17 bits per heavy atom. The lowest BCUT2D eigenvalue weighted by atomic mass is 10.1. The Balaban J connectivity index is 1.77. The zero-order valence-corrected chi connectivity index (χ0v) is 11.1. The summed E-state index contributed by atoms with van der Waals surface area (Å²) in [5.41, 5.74) is 0. The Morgan fingerprint density at radius 1 is 1.50 bits per heavy atom. The Bertz CT molecular complexity index is 403. The summed E-state index contributed by atoms with van der Waals surface area (Å²) in [6.07, 6.45) is 3.92. The quantitative estimate of drug-likeness (QED) is 0.867. The smallest absolute Gasteiger partial charge is 0.242 e. The van der Waals surface area contributed by atoms with Gasteiger partial charge in [-0.25, -0.2) is 0 Å². The van der Waals surface area contributed by atoms with Crippen LogP contribution in [-0.2, 0) is 16.0 Å². The van der Waals surface area contributed by atoms with E-state index >= 15 is 0 Å². The molecule has 0 bridgehead atoms. The molecule has 2 N–H and O–H groups in total. The van der Waals surface area contributed by atoms with Gasteiger partial charge < -0.3 is 10.6 Å². The summed E-state index contributed by atoms with van der Waals surface area (Å²) in [6, 6.07) is 3.66. The number of nitrogens with one attached hydrogen (secondary N) is 2. The first-order valence-electron chi connectivity index (χ1n) is 6.35. The van der Waals surface area contributed by atoms with Gasteiger partial charge in [-0.2, -0.15) is 0 Å². The molecule has 1 saturated heterocycles. The molecule has 2 amide bonds. The molecule has 1 unspecified atom stereocenters. The molecule has 4 nitrogen and oxygen atoms in total. The third-order valence-corrected chi connectivity index (χ3v) is 3.99. The van der Waals surface area contributed by atoms with E-state index < -0.39 is 0 Å². The van der Waals surface area contributed by atoms with Gasteiger partial charge in [0, 0.05) is 17.8 Å². The van der Waals surface area contributed by atoms with Crippen LogP contribution in [-0.4, -0.2) is 24.4 Å². The summed E-state index contributed by atoms with van der Waals surface area (Å²) in [4.78, 5) is 24.6. The van der Waals surface area contributed by atoms with Crippen molar-refractivity contribution >= 4 is 23.2 Å². The lowest BCUT2D eigenvalue weighted by Gasteiger charge is -2.14. The minimum Gasteiger partial charge on any atom is -0.354 e. The molecule has 1 aromatic rings. The third kappa shape index (κ3) is 3.84. The third-order valence-electron chi connectivity index (χ3n) is 3.05. The van der Waals surface area contributed by atoms with Gasteiger partial charge in [0.2, 0.25) is 11.8 Å². The summed E-state index contributed by atoms with van der Waals surface area (Å²) < 4.78 is 0. The molecular weight excluding hydrogens is 248 g/mol. The maximum atomic E-state index is 11.8. The molecule has 98 valence electrons. The van der Waals surface area contributed by atoms with Gasteiger partial charge in [-0.3, -0.25) is 9.59 Å². The van der Waals surface area contributed by atoms with Crippen LogP contribution in [0, 0.1) is 0 Å². The first-order valence-corrected chi connectivity index (χ1v) is 7.23. The zero-order chi connectivity index (χ0) is 12.8. The number of carbonyl (C=O) groups is 2. The highest BCUT2D eigenvalue weighted by molar-refractivity contribution is 7.09. The molecule has 5 heteroatoms. The number of aryl methyl sites for hydroxylation is 1. The standard InChI is InChI=1S/C13H18N2O2S/c16-12(7-6-10-4-3-9-18-10)15-11-5-1-2-8-14-13(11)17/h3-4,9,11H,1-2,5-8H2,(H,14,17)(H,15,16). The maximum absolute atomic E-state index is 11.8. The number of hydrogen-bond donors (Lipinski definition) is 2. The van der Waals surface area contributed by atoms with Gasteiger partial charge in [0.05, 0.1) is 0 Å². The molecule has 0 spiro atoms. The van der Waals surface area contributed by atoms with Crippen molar-refractivity contribution in [2.75, 3.05) is 6.54 Å². The molecule has 2 heterocycles.